The van der Waals surface area contributed by atoms with E-state index >= 15 is 0 Å². The molecular formula is C12H10ClN3O2. The fourth-order valence-electron chi connectivity index (χ4n) is 1.75. The molecular weight excluding hydrogens is 254 g/mol. The van der Waals surface area contributed by atoms with Crippen LogP contribution >= 0.6 is 11.6 Å². The lowest BCUT2D eigenvalue weighted by Crippen LogP contribution is -2.52. The van der Waals surface area contributed by atoms with Crippen molar-refractivity contribution in [2.75, 3.05) is 0 Å². The van der Waals surface area contributed by atoms with Gasteiger partial charge in [0, 0.05) is 0 Å². The minimum Gasteiger partial charge on any atom is -0.303 e. The molecule has 0 saturated carbocycles. The predicted octanol–water partition coefficient (Wildman–Crippen LogP) is 1.57. The highest BCUT2D eigenvalue weighted by Gasteiger charge is 2.31. The first kappa shape index (κ1) is 12.4. The Morgan fingerprint density at radius 2 is 2.17 bits per heavy atom. The topological polar surface area (TPSA) is 73.2 Å². The van der Waals surface area contributed by atoms with Gasteiger partial charge in [-0.3, -0.25) is 10.1 Å². The van der Waals surface area contributed by atoms with Crippen molar-refractivity contribution in [3.63, 3.8) is 0 Å². The third-order valence-electron chi connectivity index (χ3n) is 2.68. The molecule has 3 amide bonds. The molecule has 1 aromatic rings. The van der Waals surface area contributed by atoms with Crippen molar-refractivity contribution in [2.24, 2.45) is 0 Å². The van der Waals surface area contributed by atoms with Gasteiger partial charge in [0.1, 0.15) is 5.50 Å². The average Bonchev–Trinajstić information content (AvgIpc) is 2.34. The number of benzene rings is 1. The van der Waals surface area contributed by atoms with E-state index in [1.807, 2.05) is 0 Å². The number of hydrogen-bond acceptors (Lipinski definition) is 3. The molecule has 2 rings (SSSR count). The Morgan fingerprint density at radius 3 is 2.83 bits per heavy atom. The molecule has 6 heteroatoms. The second-order valence-corrected chi connectivity index (χ2v) is 4.39. The van der Waals surface area contributed by atoms with Gasteiger partial charge >= 0.3 is 6.03 Å². The van der Waals surface area contributed by atoms with Crippen molar-refractivity contribution >= 4 is 23.5 Å². The number of imide groups is 1. The second-order valence-electron chi connectivity index (χ2n) is 3.89. The van der Waals surface area contributed by atoms with Crippen LogP contribution in [-0.4, -0.2) is 22.3 Å². The van der Waals surface area contributed by atoms with Gasteiger partial charge < -0.3 is 4.90 Å². The number of nitrogens with one attached hydrogen (secondary N) is 1. The van der Waals surface area contributed by atoms with E-state index in [1.165, 1.54) is 4.90 Å². The monoisotopic (exact) mass is 263 g/mol. The van der Waals surface area contributed by atoms with Gasteiger partial charge in [-0.2, -0.15) is 5.26 Å². The zero-order chi connectivity index (χ0) is 13.1. The molecule has 0 aliphatic carbocycles. The number of nitrogens with zero attached hydrogens (tertiary/aromatic N) is 2. The lowest BCUT2D eigenvalue weighted by atomic mass is 10.1. The summed E-state index contributed by atoms with van der Waals surface area (Å²) in [4.78, 5) is 24.1. The van der Waals surface area contributed by atoms with Crippen molar-refractivity contribution in [1.82, 2.24) is 10.2 Å². The average molecular weight is 264 g/mol. The lowest BCUT2D eigenvalue weighted by Gasteiger charge is -2.31. The van der Waals surface area contributed by atoms with Gasteiger partial charge in [-0.05, 0) is 11.6 Å². The van der Waals surface area contributed by atoms with Crippen molar-refractivity contribution in [2.45, 2.75) is 18.5 Å². The lowest BCUT2D eigenvalue weighted by molar-refractivity contribution is -0.122. The van der Waals surface area contributed by atoms with Crippen molar-refractivity contribution in [3.8, 4) is 6.07 Å². The molecule has 1 fully saturated rings. The molecule has 1 aliphatic rings. The first-order valence-corrected chi connectivity index (χ1v) is 5.78. The van der Waals surface area contributed by atoms with Crippen LogP contribution in [0.1, 0.15) is 17.5 Å². The summed E-state index contributed by atoms with van der Waals surface area (Å²) in [5.74, 6) is -0.384. The summed E-state index contributed by atoms with van der Waals surface area (Å²) < 4.78 is 0. The van der Waals surface area contributed by atoms with E-state index in [-0.39, 0.29) is 18.9 Å². The highest BCUT2D eigenvalue weighted by molar-refractivity contribution is 6.23. The maximum absolute atomic E-state index is 11.6. The van der Waals surface area contributed by atoms with Crippen LogP contribution in [0.25, 0.3) is 0 Å². The van der Waals surface area contributed by atoms with Gasteiger partial charge in [-0.1, -0.05) is 29.8 Å². The first-order chi connectivity index (χ1) is 8.61. The zero-order valence-electron chi connectivity index (χ0n) is 9.39. The number of carbonyl (C=O) groups is 2. The zero-order valence-corrected chi connectivity index (χ0v) is 10.1. The van der Waals surface area contributed by atoms with Crippen molar-refractivity contribution < 1.29 is 9.59 Å². The summed E-state index contributed by atoms with van der Waals surface area (Å²) in [5.41, 5.74) is 0.513. The molecule has 1 atom stereocenters. The number of alkyl halides is 1. The fraction of sp³-hybridized carbons (Fsp3) is 0.250. The second kappa shape index (κ2) is 5.07. The van der Waals surface area contributed by atoms with Crippen LogP contribution in [0, 0.1) is 11.3 Å². The van der Waals surface area contributed by atoms with E-state index < -0.39 is 11.5 Å². The number of amides is 3. The van der Waals surface area contributed by atoms with Gasteiger partial charge in [0.2, 0.25) is 5.91 Å². The number of halogens is 1. The summed E-state index contributed by atoms with van der Waals surface area (Å²) in [7, 11) is 0. The maximum Gasteiger partial charge on any atom is 0.325 e. The molecule has 5 nitrogen and oxygen atoms in total. The highest BCUT2D eigenvalue weighted by atomic mass is 35.5. The van der Waals surface area contributed by atoms with E-state index in [1.54, 1.807) is 24.3 Å². The quantitative estimate of drug-likeness (QED) is 0.650. The minimum atomic E-state index is -0.682. The van der Waals surface area contributed by atoms with Gasteiger partial charge in [0.05, 0.1) is 24.6 Å². The Bertz CT molecular complexity index is 538. The van der Waals surface area contributed by atoms with Crippen LogP contribution in [0.2, 0.25) is 0 Å². The van der Waals surface area contributed by atoms with Gasteiger partial charge in [-0.15, -0.1) is 0 Å². The van der Waals surface area contributed by atoms with Gasteiger partial charge in [0.25, 0.3) is 0 Å². The molecule has 0 radical (unpaired) electrons. The minimum absolute atomic E-state index is 0.0576. The standard InChI is InChI=1S/C12H10ClN3O2/c13-10-5-11(17)15-12(18)16(10)7-9-4-2-1-3-8(9)6-14/h1-4,10H,5,7H2,(H,15,17,18). The van der Waals surface area contributed by atoms with E-state index in [9.17, 15) is 9.59 Å². The van der Waals surface area contributed by atoms with Crippen LogP contribution in [0.15, 0.2) is 24.3 Å². The van der Waals surface area contributed by atoms with Crippen LogP contribution < -0.4 is 5.32 Å². The van der Waals surface area contributed by atoms with Crippen LogP contribution in [0.4, 0.5) is 4.79 Å². The molecule has 92 valence electrons. The smallest absolute Gasteiger partial charge is 0.303 e. The summed E-state index contributed by atoms with van der Waals surface area (Å²) >= 11 is 5.98. The van der Waals surface area contributed by atoms with E-state index in [4.69, 9.17) is 16.9 Å². The molecule has 1 unspecified atom stereocenters. The molecule has 18 heavy (non-hydrogen) atoms. The largest absolute Gasteiger partial charge is 0.325 e. The third kappa shape index (κ3) is 2.44. The van der Waals surface area contributed by atoms with E-state index in [0.717, 1.165) is 0 Å². The van der Waals surface area contributed by atoms with Gasteiger partial charge in [-0.25, -0.2) is 4.79 Å². The number of urea groups is 1. The van der Waals surface area contributed by atoms with Crippen LogP contribution in [0.5, 0.6) is 0 Å². The molecule has 0 spiro atoms. The SMILES string of the molecule is N#Cc1ccccc1CN1C(=O)NC(=O)CC1Cl. The van der Waals surface area contributed by atoms with Crippen molar-refractivity contribution in [1.29, 1.82) is 5.26 Å². The van der Waals surface area contributed by atoms with E-state index in [0.29, 0.717) is 11.1 Å². The first-order valence-electron chi connectivity index (χ1n) is 5.34. The Hall–Kier alpha value is -2.06. The number of hydrogen-bond donors (Lipinski definition) is 1. The maximum atomic E-state index is 11.6. The van der Waals surface area contributed by atoms with Crippen LogP contribution in [0.3, 0.4) is 0 Å². The number of nitriles is 1. The molecule has 1 aliphatic heterocycles. The third-order valence-corrected chi connectivity index (χ3v) is 3.07. The number of carbonyl (C=O) groups excluding carboxylic acids is 2. The van der Waals surface area contributed by atoms with Crippen molar-refractivity contribution in [3.05, 3.63) is 35.4 Å². The summed E-state index contributed by atoms with van der Waals surface area (Å²) in [6, 6.07) is 8.49. The predicted molar refractivity (Wildman–Crippen MR) is 64.5 cm³/mol. The summed E-state index contributed by atoms with van der Waals surface area (Å²) in [6.45, 7) is 0.205. The number of rotatable bonds is 2. The Labute approximate surface area is 109 Å². The normalized spacial score (nSPS) is 19.3. The summed E-state index contributed by atoms with van der Waals surface area (Å²) in [5, 5.41) is 11.2. The molecule has 0 bridgehead atoms. The Kier molecular flexibility index (Phi) is 3.49. The van der Waals surface area contributed by atoms with E-state index in [2.05, 4.69) is 11.4 Å². The molecule has 1 heterocycles. The summed E-state index contributed by atoms with van der Waals surface area (Å²) in [6.07, 6.45) is 0.0576. The van der Waals surface area contributed by atoms with Gasteiger partial charge in [0.15, 0.2) is 0 Å². The van der Waals surface area contributed by atoms with Crippen LogP contribution in [-0.2, 0) is 11.3 Å². The Balaban J connectivity index is 2.21. The molecule has 0 aromatic heterocycles. The highest BCUT2D eigenvalue weighted by Crippen LogP contribution is 2.19. The molecule has 1 aromatic carbocycles. The fourth-order valence-corrected chi connectivity index (χ4v) is 2.05. The molecule has 1 N–H and O–H groups in total. The molecule has 1 saturated heterocycles. The Morgan fingerprint density at radius 1 is 1.44 bits per heavy atom.